The van der Waals surface area contributed by atoms with Crippen molar-refractivity contribution in [2.45, 2.75) is 6.17 Å². The summed E-state index contributed by atoms with van der Waals surface area (Å²) in [6.45, 7) is 0. The Balaban J connectivity index is 2.85. The average molecular weight is 155 g/mol. The number of halogens is 1. The summed E-state index contributed by atoms with van der Waals surface area (Å²) in [7, 11) is 0. The third-order valence-corrected chi connectivity index (χ3v) is 1.19. The van der Waals surface area contributed by atoms with E-state index in [0.717, 1.165) is 0 Å². The first-order valence-electron chi connectivity index (χ1n) is 2.98. The molecular formula is C7H6FNO2. The zero-order valence-electron chi connectivity index (χ0n) is 5.57. The van der Waals surface area contributed by atoms with Crippen LogP contribution in [0.4, 0.5) is 4.39 Å². The maximum atomic E-state index is 12.6. The molecule has 3 nitrogen and oxygen atoms in total. The summed E-state index contributed by atoms with van der Waals surface area (Å²) < 4.78 is 12.6. The van der Waals surface area contributed by atoms with Crippen LogP contribution in [0, 0.1) is 0 Å². The summed E-state index contributed by atoms with van der Waals surface area (Å²) in [6, 6.07) is 2.87. The SMILES string of the molecule is O=C(O)C(F)c1cccnc1. The Morgan fingerprint density at radius 1 is 1.73 bits per heavy atom. The monoisotopic (exact) mass is 155 g/mol. The molecule has 0 amide bonds. The van der Waals surface area contributed by atoms with Gasteiger partial charge in [0.2, 0.25) is 6.17 Å². The van der Waals surface area contributed by atoms with Crippen molar-refractivity contribution in [1.29, 1.82) is 0 Å². The molecule has 58 valence electrons. The summed E-state index contributed by atoms with van der Waals surface area (Å²) in [5.74, 6) is -1.49. The number of carboxylic acid groups (broad SMARTS) is 1. The van der Waals surface area contributed by atoms with Crippen LogP contribution in [0.5, 0.6) is 0 Å². The van der Waals surface area contributed by atoms with E-state index in [9.17, 15) is 9.18 Å². The van der Waals surface area contributed by atoms with Gasteiger partial charge in [0.15, 0.2) is 0 Å². The lowest BCUT2D eigenvalue weighted by atomic mass is 10.2. The van der Waals surface area contributed by atoms with Gasteiger partial charge in [0, 0.05) is 18.0 Å². The molecule has 0 aliphatic heterocycles. The molecule has 1 aromatic rings. The van der Waals surface area contributed by atoms with Gasteiger partial charge in [0.25, 0.3) is 0 Å². The summed E-state index contributed by atoms with van der Waals surface area (Å²) in [6.07, 6.45) is 0.681. The number of carbonyl (C=O) groups is 1. The van der Waals surface area contributed by atoms with Gasteiger partial charge in [0.05, 0.1) is 0 Å². The van der Waals surface area contributed by atoms with Gasteiger partial charge in [-0.2, -0.15) is 0 Å². The molecule has 1 N–H and O–H groups in total. The van der Waals surface area contributed by atoms with Crippen molar-refractivity contribution in [3.8, 4) is 0 Å². The van der Waals surface area contributed by atoms with E-state index in [-0.39, 0.29) is 5.56 Å². The highest BCUT2D eigenvalue weighted by Gasteiger charge is 2.17. The summed E-state index contributed by atoms with van der Waals surface area (Å²) in [5, 5.41) is 8.23. The Morgan fingerprint density at radius 3 is 2.91 bits per heavy atom. The molecule has 0 saturated carbocycles. The molecule has 11 heavy (non-hydrogen) atoms. The first-order valence-corrected chi connectivity index (χ1v) is 2.98. The minimum Gasteiger partial charge on any atom is -0.479 e. The number of aliphatic carboxylic acids is 1. The number of aromatic nitrogens is 1. The van der Waals surface area contributed by atoms with Crippen LogP contribution in [0.3, 0.4) is 0 Å². The van der Waals surface area contributed by atoms with Gasteiger partial charge in [-0.25, -0.2) is 9.18 Å². The summed E-state index contributed by atoms with van der Waals surface area (Å²) in [5.41, 5.74) is 0.0694. The first-order chi connectivity index (χ1) is 5.22. The third kappa shape index (κ3) is 1.73. The van der Waals surface area contributed by atoms with Gasteiger partial charge in [-0.3, -0.25) is 4.98 Å². The van der Waals surface area contributed by atoms with E-state index >= 15 is 0 Å². The number of carboxylic acids is 1. The predicted octanol–water partition coefficient (Wildman–Crippen LogP) is 1.18. The molecule has 0 aliphatic rings. The average Bonchev–Trinajstić information content (AvgIpc) is 2.05. The lowest BCUT2D eigenvalue weighted by Crippen LogP contribution is -2.05. The van der Waals surface area contributed by atoms with Gasteiger partial charge in [-0.05, 0) is 6.07 Å². The van der Waals surface area contributed by atoms with Gasteiger partial charge < -0.3 is 5.11 Å². The van der Waals surface area contributed by atoms with Crippen molar-refractivity contribution in [2.24, 2.45) is 0 Å². The van der Waals surface area contributed by atoms with E-state index in [2.05, 4.69) is 4.98 Å². The Bertz CT molecular complexity index is 250. The summed E-state index contributed by atoms with van der Waals surface area (Å²) in [4.78, 5) is 13.7. The van der Waals surface area contributed by atoms with Crippen molar-refractivity contribution < 1.29 is 14.3 Å². The van der Waals surface area contributed by atoms with Crippen molar-refractivity contribution in [2.75, 3.05) is 0 Å². The highest BCUT2D eigenvalue weighted by Crippen LogP contribution is 2.14. The first kappa shape index (κ1) is 7.65. The number of pyridine rings is 1. The molecule has 0 fully saturated rings. The fourth-order valence-electron chi connectivity index (χ4n) is 0.668. The molecular weight excluding hydrogens is 149 g/mol. The van der Waals surface area contributed by atoms with Gasteiger partial charge in [-0.1, -0.05) is 6.07 Å². The van der Waals surface area contributed by atoms with E-state index in [1.54, 1.807) is 0 Å². The molecule has 1 unspecified atom stereocenters. The maximum absolute atomic E-state index is 12.6. The standard InChI is InChI=1S/C7H6FNO2/c8-6(7(10)11)5-2-1-3-9-4-5/h1-4,6H,(H,10,11). The van der Waals surface area contributed by atoms with Crippen LogP contribution in [0.15, 0.2) is 24.5 Å². The summed E-state index contributed by atoms with van der Waals surface area (Å²) >= 11 is 0. The highest BCUT2D eigenvalue weighted by molar-refractivity contribution is 5.73. The number of hydrogen-bond acceptors (Lipinski definition) is 2. The lowest BCUT2D eigenvalue weighted by molar-refractivity contribution is -0.143. The van der Waals surface area contributed by atoms with E-state index in [4.69, 9.17) is 5.11 Å². The molecule has 0 aromatic carbocycles. The largest absolute Gasteiger partial charge is 0.479 e. The molecule has 1 aromatic heterocycles. The Hall–Kier alpha value is -1.45. The third-order valence-electron chi connectivity index (χ3n) is 1.19. The number of nitrogens with zero attached hydrogens (tertiary/aromatic N) is 1. The maximum Gasteiger partial charge on any atom is 0.343 e. The molecule has 1 heterocycles. The van der Waals surface area contributed by atoms with Crippen molar-refractivity contribution in [1.82, 2.24) is 4.98 Å². The van der Waals surface area contributed by atoms with Crippen LogP contribution in [0.2, 0.25) is 0 Å². The fourth-order valence-corrected chi connectivity index (χ4v) is 0.668. The second-order valence-corrected chi connectivity index (χ2v) is 1.99. The smallest absolute Gasteiger partial charge is 0.343 e. The molecule has 1 atom stereocenters. The van der Waals surface area contributed by atoms with Crippen LogP contribution >= 0.6 is 0 Å². The molecule has 0 spiro atoms. The molecule has 0 saturated heterocycles. The van der Waals surface area contributed by atoms with Crippen molar-refractivity contribution in [3.63, 3.8) is 0 Å². The second-order valence-electron chi connectivity index (χ2n) is 1.99. The quantitative estimate of drug-likeness (QED) is 0.697. The van der Waals surface area contributed by atoms with Crippen LogP contribution < -0.4 is 0 Å². The lowest BCUT2D eigenvalue weighted by Gasteiger charge is -1.99. The molecule has 0 radical (unpaired) electrons. The zero-order valence-corrected chi connectivity index (χ0v) is 5.57. The highest BCUT2D eigenvalue weighted by atomic mass is 19.1. The van der Waals surface area contributed by atoms with E-state index in [1.165, 1.54) is 24.5 Å². The number of alkyl halides is 1. The molecule has 0 aliphatic carbocycles. The normalized spacial score (nSPS) is 12.5. The van der Waals surface area contributed by atoms with Gasteiger partial charge >= 0.3 is 5.97 Å². The number of hydrogen-bond donors (Lipinski definition) is 1. The second kappa shape index (κ2) is 3.09. The molecule has 1 rings (SSSR count). The van der Waals surface area contributed by atoms with Crippen LogP contribution in [0.1, 0.15) is 11.7 Å². The predicted molar refractivity (Wildman–Crippen MR) is 35.7 cm³/mol. The zero-order chi connectivity index (χ0) is 8.27. The van der Waals surface area contributed by atoms with E-state index in [1.807, 2.05) is 0 Å². The Kier molecular flexibility index (Phi) is 2.15. The van der Waals surface area contributed by atoms with Crippen LogP contribution in [0.25, 0.3) is 0 Å². The topological polar surface area (TPSA) is 50.2 Å². The minimum absolute atomic E-state index is 0.0694. The molecule has 0 bridgehead atoms. The van der Waals surface area contributed by atoms with Crippen LogP contribution in [-0.4, -0.2) is 16.1 Å². The fraction of sp³-hybridized carbons (Fsp3) is 0.143. The van der Waals surface area contributed by atoms with Crippen molar-refractivity contribution >= 4 is 5.97 Å². The number of rotatable bonds is 2. The minimum atomic E-state index is -1.97. The van der Waals surface area contributed by atoms with Crippen LogP contribution in [-0.2, 0) is 4.79 Å². The van der Waals surface area contributed by atoms with Gasteiger partial charge in [0.1, 0.15) is 0 Å². The Labute approximate surface area is 62.5 Å². The van der Waals surface area contributed by atoms with Gasteiger partial charge in [-0.15, -0.1) is 0 Å². The Morgan fingerprint density at radius 2 is 2.45 bits per heavy atom. The van der Waals surface area contributed by atoms with E-state index < -0.39 is 12.1 Å². The van der Waals surface area contributed by atoms with E-state index in [0.29, 0.717) is 0 Å². The molecule has 4 heteroatoms. The van der Waals surface area contributed by atoms with Crippen molar-refractivity contribution in [3.05, 3.63) is 30.1 Å².